The number of aromatic hydroxyl groups is 2. The first-order valence-electron chi connectivity index (χ1n) is 6.70. The molecule has 0 spiro atoms. The number of methoxy groups -OCH3 is 1. The lowest BCUT2D eigenvalue weighted by atomic mass is 9.91. The number of thiophene rings is 1. The molecule has 6 heteroatoms. The average molecular weight is 320 g/mol. The van der Waals surface area contributed by atoms with E-state index in [0.717, 1.165) is 6.07 Å². The van der Waals surface area contributed by atoms with Crippen molar-refractivity contribution < 1.29 is 24.5 Å². The molecule has 0 saturated heterocycles. The van der Waals surface area contributed by atoms with Gasteiger partial charge in [0.05, 0.1) is 19.1 Å². The van der Waals surface area contributed by atoms with Crippen molar-refractivity contribution in [2.24, 2.45) is 0 Å². The van der Waals surface area contributed by atoms with E-state index in [1.165, 1.54) is 18.4 Å². The Hall–Kier alpha value is -2.34. The number of benzene rings is 1. The van der Waals surface area contributed by atoms with Gasteiger partial charge in [0.2, 0.25) is 0 Å². The third-order valence-electron chi connectivity index (χ3n) is 3.42. The van der Waals surface area contributed by atoms with Crippen LogP contribution in [0.2, 0.25) is 0 Å². The van der Waals surface area contributed by atoms with Crippen LogP contribution in [0.25, 0.3) is 0 Å². The fourth-order valence-corrected chi connectivity index (χ4v) is 2.98. The van der Waals surface area contributed by atoms with Gasteiger partial charge in [-0.25, -0.2) is 0 Å². The zero-order valence-electron chi connectivity index (χ0n) is 12.3. The Morgan fingerprint density at radius 3 is 2.50 bits per heavy atom. The van der Waals surface area contributed by atoms with Gasteiger partial charge in [-0.1, -0.05) is 6.92 Å². The van der Waals surface area contributed by atoms with Gasteiger partial charge in [-0.05, 0) is 29.0 Å². The van der Waals surface area contributed by atoms with Crippen molar-refractivity contribution in [1.29, 1.82) is 0 Å². The summed E-state index contributed by atoms with van der Waals surface area (Å²) in [7, 11) is 1.25. The molecule has 0 aliphatic heterocycles. The van der Waals surface area contributed by atoms with E-state index in [1.807, 2.05) is 0 Å². The topological polar surface area (TPSA) is 83.8 Å². The minimum Gasteiger partial charge on any atom is -0.508 e. The lowest BCUT2D eigenvalue weighted by Crippen LogP contribution is -2.13. The van der Waals surface area contributed by atoms with Crippen molar-refractivity contribution in [3.05, 3.63) is 45.1 Å². The highest BCUT2D eigenvalue weighted by molar-refractivity contribution is 7.08. The van der Waals surface area contributed by atoms with Crippen LogP contribution in [0.4, 0.5) is 0 Å². The highest BCUT2D eigenvalue weighted by Gasteiger charge is 2.25. The molecule has 1 aromatic carbocycles. The first kappa shape index (κ1) is 16.0. The van der Waals surface area contributed by atoms with Crippen LogP contribution in [0, 0.1) is 0 Å². The number of hydrogen-bond donors (Lipinski definition) is 2. The number of rotatable bonds is 5. The minimum absolute atomic E-state index is 0.0402. The van der Waals surface area contributed by atoms with E-state index in [-0.39, 0.29) is 29.3 Å². The maximum absolute atomic E-state index is 12.6. The van der Waals surface area contributed by atoms with E-state index in [1.54, 1.807) is 23.8 Å². The largest absolute Gasteiger partial charge is 0.508 e. The van der Waals surface area contributed by atoms with Crippen molar-refractivity contribution in [3.63, 3.8) is 0 Å². The number of ether oxygens (including phenoxy) is 1. The van der Waals surface area contributed by atoms with Gasteiger partial charge in [0.15, 0.2) is 5.78 Å². The van der Waals surface area contributed by atoms with Gasteiger partial charge in [-0.2, -0.15) is 11.3 Å². The lowest BCUT2D eigenvalue weighted by Gasteiger charge is -2.15. The summed E-state index contributed by atoms with van der Waals surface area (Å²) in [5.74, 6) is -1.41. The maximum atomic E-state index is 12.6. The van der Waals surface area contributed by atoms with Crippen LogP contribution < -0.4 is 0 Å². The summed E-state index contributed by atoms with van der Waals surface area (Å²) in [5, 5.41) is 23.5. The molecular formula is C16H16O5S. The number of esters is 1. The zero-order valence-corrected chi connectivity index (χ0v) is 13.1. The summed E-state index contributed by atoms with van der Waals surface area (Å²) in [6.07, 6.45) is 0.231. The number of ketones is 1. The van der Waals surface area contributed by atoms with Crippen LogP contribution in [0.5, 0.6) is 11.5 Å². The fourth-order valence-electron chi connectivity index (χ4n) is 2.35. The molecule has 2 N–H and O–H groups in total. The van der Waals surface area contributed by atoms with E-state index in [9.17, 15) is 19.8 Å². The molecule has 2 aromatic rings. The number of phenolic OH excluding ortho intramolecular Hbond substituents is 2. The molecule has 5 nitrogen and oxygen atoms in total. The molecular weight excluding hydrogens is 304 g/mol. The van der Waals surface area contributed by atoms with Gasteiger partial charge < -0.3 is 14.9 Å². The second-order valence-electron chi connectivity index (χ2n) is 4.69. The SMILES string of the molecule is CCc1c(O)cc(O)c(C(=O)c2ccsc2)c1CC(=O)OC. The summed E-state index contributed by atoms with van der Waals surface area (Å²) in [5.41, 5.74) is 1.24. The second kappa shape index (κ2) is 6.62. The Labute approximate surface area is 131 Å². The molecule has 0 fully saturated rings. The molecule has 0 saturated carbocycles. The Morgan fingerprint density at radius 2 is 1.95 bits per heavy atom. The van der Waals surface area contributed by atoms with Crippen LogP contribution in [0.3, 0.4) is 0 Å². The molecule has 22 heavy (non-hydrogen) atoms. The van der Waals surface area contributed by atoms with Gasteiger partial charge in [0.25, 0.3) is 0 Å². The van der Waals surface area contributed by atoms with Crippen LogP contribution >= 0.6 is 11.3 Å². The Morgan fingerprint density at radius 1 is 1.23 bits per heavy atom. The molecule has 2 rings (SSSR count). The summed E-state index contributed by atoms with van der Waals surface area (Å²) in [6, 6.07) is 2.78. The van der Waals surface area contributed by atoms with E-state index < -0.39 is 5.97 Å². The fraction of sp³-hybridized carbons (Fsp3) is 0.250. The Kier molecular flexibility index (Phi) is 4.82. The molecule has 0 radical (unpaired) electrons. The average Bonchev–Trinajstić information content (AvgIpc) is 3.01. The highest BCUT2D eigenvalue weighted by atomic mass is 32.1. The normalized spacial score (nSPS) is 10.5. The third kappa shape index (κ3) is 2.96. The number of phenols is 2. The quantitative estimate of drug-likeness (QED) is 0.653. The van der Waals surface area contributed by atoms with E-state index in [4.69, 9.17) is 0 Å². The number of carbonyl (C=O) groups is 2. The molecule has 0 amide bonds. The van der Waals surface area contributed by atoms with Crippen molar-refractivity contribution in [2.45, 2.75) is 19.8 Å². The van der Waals surface area contributed by atoms with Crippen LogP contribution in [-0.4, -0.2) is 29.1 Å². The van der Waals surface area contributed by atoms with Crippen molar-refractivity contribution in [2.75, 3.05) is 7.11 Å². The van der Waals surface area contributed by atoms with Crippen LogP contribution in [0.15, 0.2) is 22.9 Å². The molecule has 0 aliphatic rings. The minimum atomic E-state index is -0.543. The number of carbonyl (C=O) groups excluding carboxylic acids is 2. The van der Waals surface area contributed by atoms with Crippen molar-refractivity contribution in [3.8, 4) is 11.5 Å². The molecule has 0 atom stereocenters. The first-order valence-corrected chi connectivity index (χ1v) is 7.64. The van der Waals surface area contributed by atoms with E-state index in [0.29, 0.717) is 23.1 Å². The number of hydrogen-bond acceptors (Lipinski definition) is 6. The smallest absolute Gasteiger partial charge is 0.310 e. The Balaban J connectivity index is 2.65. The second-order valence-corrected chi connectivity index (χ2v) is 5.47. The van der Waals surface area contributed by atoms with Crippen molar-refractivity contribution >= 4 is 23.1 Å². The van der Waals surface area contributed by atoms with Gasteiger partial charge in [0, 0.05) is 17.0 Å². The van der Waals surface area contributed by atoms with E-state index in [2.05, 4.69) is 4.74 Å². The highest BCUT2D eigenvalue weighted by Crippen LogP contribution is 2.35. The first-order chi connectivity index (χ1) is 10.5. The predicted molar refractivity (Wildman–Crippen MR) is 82.6 cm³/mol. The summed E-state index contributed by atoms with van der Waals surface area (Å²) >= 11 is 1.36. The Bertz CT molecular complexity index is 704. The molecule has 0 unspecified atom stereocenters. The standard InChI is InChI=1S/C16H16O5S/c1-3-10-11(6-14(19)21-2)15(13(18)7-12(10)17)16(20)9-4-5-22-8-9/h4-5,7-8,17-18H,3,6H2,1-2H3. The van der Waals surface area contributed by atoms with Gasteiger partial charge in [-0.3, -0.25) is 9.59 Å². The summed E-state index contributed by atoms with van der Waals surface area (Å²) in [6.45, 7) is 1.80. The van der Waals surface area contributed by atoms with Crippen LogP contribution in [-0.2, 0) is 22.4 Å². The van der Waals surface area contributed by atoms with Gasteiger partial charge in [-0.15, -0.1) is 0 Å². The van der Waals surface area contributed by atoms with E-state index >= 15 is 0 Å². The summed E-state index contributed by atoms with van der Waals surface area (Å²) in [4.78, 5) is 24.2. The van der Waals surface area contributed by atoms with Crippen LogP contribution in [0.1, 0.15) is 34.0 Å². The maximum Gasteiger partial charge on any atom is 0.310 e. The summed E-state index contributed by atoms with van der Waals surface area (Å²) < 4.78 is 4.65. The van der Waals surface area contributed by atoms with Gasteiger partial charge in [0.1, 0.15) is 11.5 Å². The lowest BCUT2D eigenvalue weighted by molar-refractivity contribution is -0.139. The monoisotopic (exact) mass is 320 g/mol. The predicted octanol–water partition coefficient (Wildman–Crippen LogP) is 2.67. The molecule has 116 valence electrons. The molecule has 1 heterocycles. The molecule has 0 bridgehead atoms. The molecule has 0 aliphatic carbocycles. The van der Waals surface area contributed by atoms with Crippen molar-refractivity contribution in [1.82, 2.24) is 0 Å². The molecule has 1 aromatic heterocycles. The zero-order chi connectivity index (χ0) is 16.3. The van der Waals surface area contributed by atoms with Gasteiger partial charge >= 0.3 is 5.97 Å². The third-order valence-corrected chi connectivity index (χ3v) is 4.10.